The van der Waals surface area contributed by atoms with E-state index in [4.69, 9.17) is 23.2 Å². The molecule has 2 aromatic carbocycles. The lowest BCUT2D eigenvalue weighted by Gasteiger charge is -2.18. The van der Waals surface area contributed by atoms with Crippen molar-refractivity contribution in [3.63, 3.8) is 0 Å². The summed E-state index contributed by atoms with van der Waals surface area (Å²) in [4.78, 5) is 0. The maximum Gasteiger partial charge on any atom is 0.142 e. The molecular weight excluding hydrogens is 288 g/mol. The molecule has 1 unspecified atom stereocenters. The monoisotopic (exact) mass is 299 g/mol. The first-order chi connectivity index (χ1) is 9.10. The zero-order valence-corrected chi connectivity index (χ0v) is 11.4. The molecule has 0 radical (unpaired) electrons. The van der Waals surface area contributed by atoms with E-state index in [1.807, 2.05) is 6.07 Å². The lowest BCUT2D eigenvalue weighted by atomic mass is 10.1. The molecule has 1 atom stereocenters. The SMILES string of the molecule is OCC(Nc1cccc(Cl)c1)c1ccc(Cl)c(F)c1. The molecule has 0 amide bonds. The second-order valence-electron chi connectivity index (χ2n) is 4.06. The number of aliphatic hydroxyl groups excluding tert-OH is 1. The quantitative estimate of drug-likeness (QED) is 0.883. The average Bonchev–Trinajstić information content (AvgIpc) is 2.39. The van der Waals surface area contributed by atoms with Crippen molar-refractivity contribution in [2.75, 3.05) is 11.9 Å². The molecule has 100 valence electrons. The van der Waals surface area contributed by atoms with Crippen molar-refractivity contribution < 1.29 is 9.50 Å². The standard InChI is InChI=1S/C14H12Cl2FNO/c15-10-2-1-3-11(7-10)18-14(8-19)9-4-5-12(16)13(17)6-9/h1-7,14,18-19H,8H2. The molecule has 2 N–H and O–H groups in total. The summed E-state index contributed by atoms with van der Waals surface area (Å²) in [6.07, 6.45) is 0. The third-order valence-electron chi connectivity index (χ3n) is 2.69. The molecule has 0 aromatic heterocycles. The summed E-state index contributed by atoms with van der Waals surface area (Å²) in [6.45, 7) is -0.173. The van der Waals surface area contributed by atoms with Gasteiger partial charge in [0, 0.05) is 10.7 Å². The highest BCUT2D eigenvalue weighted by atomic mass is 35.5. The Morgan fingerprint density at radius 1 is 1.16 bits per heavy atom. The average molecular weight is 300 g/mol. The number of anilines is 1. The normalized spacial score (nSPS) is 12.2. The first-order valence-electron chi connectivity index (χ1n) is 5.68. The van der Waals surface area contributed by atoms with Crippen LogP contribution in [0.4, 0.5) is 10.1 Å². The molecule has 19 heavy (non-hydrogen) atoms. The summed E-state index contributed by atoms with van der Waals surface area (Å²) in [5.41, 5.74) is 1.37. The summed E-state index contributed by atoms with van der Waals surface area (Å²) < 4.78 is 13.4. The first kappa shape index (κ1) is 14.1. The highest BCUT2D eigenvalue weighted by molar-refractivity contribution is 6.31. The predicted molar refractivity (Wildman–Crippen MR) is 76.3 cm³/mol. The molecule has 2 rings (SSSR count). The predicted octanol–water partition coefficient (Wildman–Crippen LogP) is 4.28. The van der Waals surface area contributed by atoms with Crippen molar-refractivity contribution in [1.29, 1.82) is 0 Å². The van der Waals surface area contributed by atoms with E-state index in [0.717, 1.165) is 5.69 Å². The van der Waals surface area contributed by atoms with Crippen molar-refractivity contribution in [3.05, 3.63) is 63.9 Å². The van der Waals surface area contributed by atoms with Crippen LogP contribution in [0.2, 0.25) is 10.0 Å². The van der Waals surface area contributed by atoms with E-state index in [9.17, 15) is 9.50 Å². The minimum absolute atomic E-state index is 0.0585. The lowest BCUT2D eigenvalue weighted by Crippen LogP contribution is -2.15. The molecule has 0 fully saturated rings. The van der Waals surface area contributed by atoms with E-state index in [2.05, 4.69) is 5.32 Å². The molecule has 2 aromatic rings. The summed E-state index contributed by atoms with van der Waals surface area (Å²) in [5.74, 6) is -0.509. The van der Waals surface area contributed by atoms with Gasteiger partial charge in [-0.2, -0.15) is 0 Å². The van der Waals surface area contributed by atoms with Crippen molar-refractivity contribution in [2.45, 2.75) is 6.04 Å². The van der Waals surface area contributed by atoms with Crippen LogP contribution >= 0.6 is 23.2 Å². The molecule has 0 aliphatic heterocycles. The van der Waals surface area contributed by atoms with Gasteiger partial charge in [-0.05, 0) is 35.9 Å². The van der Waals surface area contributed by atoms with Gasteiger partial charge in [0.25, 0.3) is 0 Å². The molecule has 0 heterocycles. The molecule has 2 nitrogen and oxygen atoms in total. The molecule has 0 spiro atoms. The molecule has 0 aliphatic carbocycles. The molecule has 0 bridgehead atoms. The second-order valence-corrected chi connectivity index (χ2v) is 4.91. The van der Waals surface area contributed by atoms with Gasteiger partial charge >= 0.3 is 0 Å². The second kappa shape index (κ2) is 6.24. The minimum Gasteiger partial charge on any atom is -0.394 e. The largest absolute Gasteiger partial charge is 0.394 e. The topological polar surface area (TPSA) is 32.3 Å². The van der Waals surface area contributed by atoms with Crippen LogP contribution in [0, 0.1) is 5.82 Å². The number of rotatable bonds is 4. The van der Waals surface area contributed by atoms with Gasteiger partial charge in [-0.15, -0.1) is 0 Å². The van der Waals surface area contributed by atoms with Crippen LogP contribution in [0.5, 0.6) is 0 Å². The van der Waals surface area contributed by atoms with Crippen molar-refractivity contribution in [2.24, 2.45) is 0 Å². The highest BCUT2D eigenvalue weighted by Gasteiger charge is 2.12. The van der Waals surface area contributed by atoms with E-state index in [-0.39, 0.29) is 11.6 Å². The number of nitrogens with one attached hydrogen (secondary N) is 1. The fourth-order valence-corrected chi connectivity index (χ4v) is 2.05. The first-order valence-corrected chi connectivity index (χ1v) is 6.43. The lowest BCUT2D eigenvalue weighted by molar-refractivity contribution is 0.276. The third kappa shape index (κ3) is 3.60. The highest BCUT2D eigenvalue weighted by Crippen LogP contribution is 2.24. The summed E-state index contributed by atoms with van der Waals surface area (Å²) in [7, 11) is 0. The summed E-state index contributed by atoms with van der Waals surface area (Å²) in [5, 5.41) is 13.2. The number of halogens is 3. The Hall–Kier alpha value is -1.29. The maximum absolute atomic E-state index is 13.4. The summed E-state index contributed by atoms with van der Waals surface area (Å²) in [6, 6.07) is 11.1. The van der Waals surface area contributed by atoms with Crippen LogP contribution in [0.25, 0.3) is 0 Å². The van der Waals surface area contributed by atoms with E-state index in [1.54, 1.807) is 24.3 Å². The van der Waals surface area contributed by atoms with Crippen LogP contribution in [-0.2, 0) is 0 Å². The van der Waals surface area contributed by atoms with Crippen molar-refractivity contribution in [3.8, 4) is 0 Å². The molecule has 5 heteroatoms. The Morgan fingerprint density at radius 3 is 2.58 bits per heavy atom. The Balaban J connectivity index is 2.22. The Kier molecular flexibility index (Phi) is 4.64. The Morgan fingerprint density at radius 2 is 1.95 bits per heavy atom. The van der Waals surface area contributed by atoms with Gasteiger partial charge in [-0.25, -0.2) is 4.39 Å². The zero-order valence-electron chi connectivity index (χ0n) is 9.91. The van der Waals surface area contributed by atoms with Gasteiger partial charge < -0.3 is 10.4 Å². The molecule has 0 saturated carbocycles. The van der Waals surface area contributed by atoms with Crippen LogP contribution in [0.3, 0.4) is 0 Å². The van der Waals surface area contributed by atoms with Crippen molar-refractivity contribution in [1.82, 2.24) is 0 Å². The van der Waals surface area contributed by atoms with Crippen LogP contribution in [0.15, 0.2) is 42.5 Å². The van der Waals surface area contributed by atoms with Crippen molar-refractivity contribution >= 4 is 28.9 Å². The van der Waals surface area contributed by atoms with Crippen LogP contribution in [-0.4, -0.2) is 11.7 Å². The fourth-order valence-electron chi connectivity index (χ4n) is 1.74. The van der Waals surface area contributed by atoms with Gasteiger partial charge in [-0.3, -0.25) is 0 Å². The van der Waals surface area contributed by atoms with E-state index < -0.39 is 11.9 Å². The zero-order chi connectivity index (χ0) is 13.8. The van der Waals surface area contributed by atoms with E-state index >= 15 is 0 Å². The van der Waals surface area contributed by atoms with Gasteiger partial charge in [0.15, 0.2) is 0 Å². The van der Waals surface area contributed by atoms with E-state index in [1.165, 1.54) is 12.1 Å². The molecular formula is C14H12Cl2FNO. The fraction of sp³-hybridized carbons (Fsp3) is 0.143. The number of hydrogen-bond acceptors (Lipinski definition) is 2. The third-order valence-corrected chi connectivity index (χ3v) is 3.24. The molecule has 0 saturated heterocycles. The molecule has 0 aliphatic rings. The smallest absolute Gasteiger partial charge is 0.142 e. The summed E-state index contributed by atoms with van der Waals surface area (Å²) >= 11 is 11.5. The van der Waals surface area contributed by atoms with Gasteiger partial charge in [-0.1, -0.05) is 35.3 Å². The van der Waals surface area contributed by atoms with Gasteiger partial charge in [0.2, 0.25) is 0 Å². The maximum atomic E-state index is 13.4. The number of aliphatic hydroxyl groups is 1. The van der Waals surface area contributed by atoms with Crippen LogP contribution < -0.4 is 5.32 Å². The number of benzene rings is 2. The Labute approximate surface area is 120 Å². The van der Waals surface area contributed by atoms with Crippen LogP contribution in [0.1, 0.15) is 11.6 Å². The minimum atomic E-state index is -0.509. The van der Waals surface area contributed by atoms with Gasteiger partial charge in [0.1, 0.15) is 5.82 Å². The number of hydrogen-bond donors (Lipinski definition) is 2. The Bertz CT molecular complexity index is 577. The van der Waals surface area contributed by atoms with Gasteiger partial charge in [0.05, 0.1) is 17.7 Å². The van der Waals surface area contributed by atoms with E-state index in [0.29, 0.717) is 10.6 Å².